The van der Waals surface area contributed by atoms with Crippen molar-refractivity contribution in [1.29, 1.82) is 5.26 Å². The molecule has 0 saturated carbocycles. The second kappa shape index (κ2) is 12.4. The highest BCUT2D eigenvalue weighted by atomic mass is 79.9. The number of carbonyl (C=O) groups excluding carboxylic acids is 1. The van der Waals surface area contributed by atoms with E-state index >= 15 is 4.39 Å². The minimum absolute atomic E-state index is 0.0365. The Morgan fingerprint density at radius 1 is 1.13 bits per heavy atom. The molecule has 7 nitrogen and oxygen atoms in total. The highest BCUT2D eigenvalue weighted by molar-refractivity contribution is 9.10. The topological polar surface area (TPSA) is 115 Å². The standard InChI is InChI=1S/C23H13BrCl2FN3O2.C2HF3O2/c24-19-16-3-1-2-4-18(16)30-21(19)23(31)29-11-13-5-6-17(26)22(20(13)27)32-15-8-12(10-28)7-14(25)9-15;3-2(4,5)1(6)7/h1-9,30H,11H2,(H,29,31);(H,6,7). The Labute approximate surface area is 236 Å². The number of carbonyl (C=O) groups is 2. The lowest BCUT2D eigenvalue weighted by Crippen LogP contribution is -2.24. The Kier molecular flexibility index (Phi) is 9.45. The van der Waals surface area contributed by atoms with Crippen LogP contribution < -0.4 is 10.1 Å². The molecule has 0 bridgehead atoms. The predicted octanol–water partition coefficient (Wildman–Crippen LogP) is 7.60. The molecule has 3 N–H and O–H groups in total. The van der Waals surface area contributed by atoms with Crippen molar-refractivity contribution in [1.82, 2.24) is 10.3 Å². The van der Waals surface area contributed by atoms with Gasteiger partial charge < -0.3 is 20.1 Å². The van der Waals surface area contributed by atoms with E-state index < -0.39 is 23.9 Å². The van der Waals surface area contributed by atoms with Crippen LogP contribution in [0.5, 0.6) is 11.5 Å². The van der Waals surface area contributed by atoms with Crippen LogP contribution in [-0.2, 0) is 11.3 Å². The van der Waals surface area contributed by atoms with Crippen LogP contribution in [0.1, 0.15) is 21.6 Å². The number of alkyl halides is 3. The zero-order chi connectivity index (χ0) is 28.9. The number of fused-ring (bicyclic) bond motifs is 1. The molecule has 0 spiro atoms. The van der Waals surface area contributed by atoms with Crippen molar-refractivity contribution >= 4 is 61.9 Å². The Hall–Kier alpha value is -3.79. The average Bonchev–Trinajstić information content (AvgIpc) is 3.22. The minimum atomic E-state index is -5.08. The van der Waals surface area contributed by atoms with Crippen molar-refractivity contribution in [2.24, 2.45) is 0 Å². The van der Waals surface area contributed by atoms with Crippen molar-refractivity contribution in [3.05, 3.63) is 91.8 Å². The van der Waals surface area contributed by atoms with Gasteiger partial charge in [0.15, 0.2) is 11.6 Å². The van der Waals surface area contributed by atoms with E-state index in [0.717, 1.165) is 10.9 Å². The molecule has 0 aliphatic heterocycles. The quantitative estimate of drug-likeness (QED) is 0.193. The van der Waals surface area contributed by atoms with E-state index in [4.69, 9.17) is 43.1 Å². The molecule has 0 saturated heterocycles. The fourth-order valence-corrected chi connectivity index (χ4v) is 4.17. The van der Waals surface area contributed by atoms with Gasteiger partial charge in [0, 0.05) is 28.0 Å². The number of ether oxygens (including phenoxy) is 1. The van der Waals surface area contributed by atoms with Gasteiger partial charge >= 0.3 is 12.1 Å². The van der Waals surface area contributed by atoms with Gasteiger partial charge in [-0.3, -0.25) is 4.79 Å². The minimum Gasteiger partial charge on any atom is -0.475 e. The third-order valence-electron chi connectivity index (χ3n) is 4.90. The number of carboxylic acid groups (broad SMARTS) is 1. The molecule has 3 aromatic carbocycles. The van der Waals surface area contributed by atoms with Gasteiger partial charge in [-0.1, -0.05) is 47.5 Å². The summed E-state index contributed by atoms with van der Waals surface area (Å²) in [5, 5.41) is 20.1. The number of carboxylic acids is 1. The van der Waals surface area contributed by atoms with Crippen molar-refractivity contribution in [3.8, 4) is 17.6 Å². The van der Waals surface area contributed by atoms with Crippen LogP contribution in [0.3, 0.4) is 0 Å². The molecule has 0 fully saturated rings. The molecule has 14 heteroatoms. The van der Waals surface area contributed by atoms with Crippen LogP contribution in [0.4, 0.5) is 17.6 Å². The smallest absolute Gasteiger partial charge is 0.475 e. The molecule has 1 aromatic heterocycles. The van der Waals surface area contributed by atoms with Crippen LogP contribution in [0, 0.1) is 17.1 Å². The van der Waals surface area contributed by atoms with Gasteiger partial charge in [0.2, 0.25) is 0 Å². The van der Waals surface area contributed by atoms with E-state index in [1.54, 1.807) is 0 Å². The Morgan fingerprint density at radius 3 is 2.41 bits per heavy atom. The lowest BCUT2D eigenvalue weighted by molar-refractivity contribution is -0.192. The summed E-state index contributed by atoms with van der Waals surface area (Å²) in [5.74, 6) is -3.95. The zero-order valence-electron chi connectivity index (χ0n) is 19.2. The number of hydrogen-bond donors (Lipinski definition) is 3. The Bertz CT molecular complexity index is 1600. The van der Waals surface area contributed by atoms with Crippen molar-refractivity contribution in [3.63, 3.8) is 0 Å². The highest BCUT2D eigenvalue weighted by Crippen LogP contribution is 2.35. The number of halogens is 7. The van der Waals surface area contributed by atoms with Crippen molar-refractivity contribution < 1.29 is 37.0 Å². The molecule has 39 heavy (non-hydrogen) atoms. The van der Waals surface area contributed by atoms with Crippen molar-refractivity contribution in [2.45, 2.75) is 12.7 Å². The maximum Gasteiger partial charge on any atom is 0.490 e. The zero-order valence-corrected chi connectivity index (χ0v) is 22.3. The molecular weight excluding hydrogens is 633 g/mol. The summed E-state index contributed by atoms with van der Waals surface area (Å²) >= 11 is 15.5. The normalized spacial score (nSPS) is 10.8. The number of nitrogens with zero attached hydrogens (tertiary/aromatic N) is 1. The third kappa shape index (κ3) is 7.41. The first-order valence-electron chi connectivity index (χ1n) is 10.5. The molecule has 4 rings (SSSR count). The number of benzene rings is 3. The number of nitriles is 1. The summed E-state index contributed by atoms with van der Waals surface area (Å²) in [6.07, 6.45) is -5.08. The lowest BCUT2D eigenvalue weighted by Gasteiger charge is -2.13. The van der Waals surface area contributed by atoms with E-state index in [-0.39, 0.29) is 39.2 Å². The van der Waals surface area contributed by atoms with Gasteiger partial charge in [-0.25, -0.2) is 9.18 Å². The van der Waals surface area contributed by atoms with Crippen LogP contribution in [-0.4, -0.2) is 28.1 Å². The van der Waals surface area contributed by atoms with Crippen molar-refractivity contribution in [2.75, 3.05) is 0 Å². The number of H-pyrrole nitrogens is 1. The fraction of sp³-hybridized carbons (Fsp3) is 0.0800. The third-order valence-corrected chi connectivity index (χ3v) is 6.24. The monoisotopic (exact) mass is 645 g/mol. The van der Waals surface area contributed by atoms with Gasteiger partial charge in [0.05, 0.1) is 21.1 Å². The number of aromatic amines is 1. The highest BCUT2D eigenvalue weighted by Gasteiger charge is 2.38. The summed E-state index contributed by atoms with van der Waals surface area (Å²) < 4.78 is 53.1. The van der Waals surface area contributed by atoms with Gasteiger partial charge in [-0.15, -0.1) is 0 Å². The number of rotatable bonds is 5. The molecule has 1 heterocycles. The molecule has 0 atom stereocenters. The first kappa shape index (κ1) is 29.8. The molecular formula is C25H14BrCl2F4N3O4. The second-order valence-corrected chi connectivity index (χ2v) is 9.22. The maximum absolute atomic E-state index is 15.1. The number of aliphatic carboxylic acids is 1. The summed E-state index contributed by atoms with van der Waals surface area (Å²) in [7, 11) is 0. The second-order valence-electron chi connectivity index (χ2n) is 7.58. The average molecular weight is 647 g/mol. The molecule has 0 radical (unpaired) electrons. The SMILES string of the molecule is N#Cc1cc(Cl)cc(Oc2c(Cl)ccc(CNC(=O)c3[nH]c4ccccc4c3Br)c2F)c1.O=C(O)C(F)(F)F. The van der Waals surface area contributed by atoms with E-state index in [1.165, 1.54) is 30.3 Å². The summed E-state index contributed by atoms with van der Waals surface area (Å²) in [5.41, 5.74) is 1.57. The van der Waals surface area contributed by atoms with Crippen LogP contribution in [0.25, 0.3) is 10.9 Å². The van der Waals surface area contributed by atoms with Crippen LogP contribution >= 0.6 is 39.1 Å². The molecule has 0 aliphatic rings. The lowest BCUT2D eigenvalue weighted by atomic mass is 10.2. The number of amides is 1. The van der Waals surface area contributed by atoms with E-state index in [1.807, 2.05) is 30.3 Å². The number of para-hydroxylation sites is 1. The van der Waals surface area contributed by atoms with E-state index in [2.05, 4.69) is 26.2 Å². The number of hydrogen-bond acceptors (Lipinski definition) is 4. The first-order valence-corrected chi connectivity index (χ1v) is 12.1. The van der Waals surface area contributed by atoms with Gasteiger partial charge in [0.25, 0.3) is 5.91 Å². The van der Waals surface area contributed by atoms with Gasteiger partial charge in [-0.2, -0.15) is 18.4 Å². The van der Waals surface area contributed by atoms with Crippen LogP contribution in [0.2, 0.25) is 10.0 Å². The molecule has 1 amide bonds. The summed E-state index contributed by atoms with van der Waals surface area (Å²) in [6.45, 7) is -0.0982. The molecule has 0 aliphatic carbocycles. The number of nitrogens with one attached hydrogen (secondary N) is 2. The van der Waals surface area contributed by atoms with Gasteiger partial charge in [0.1, 0.15) is 11.4 Å². The molecule has 0 unspecified atom stereocenters. The molecule has 4 aromatic rings. The maximum atomic E-state index is 15.1. The fourth-order valence-electron chi connectivity index (χ4n) is 3.14. The first-order chi connectivity index (χ1) is 18.3. The Balaban J connectivity index is 0.000000532. The van der Waals surface area contributed by atoms with Gasteiger partial charge in [-0.05, 0) is 46.3 Å². The molecule has 202 valence electrons. The Morgan fingerprint density at radius 2 is 1.79 bits per heavy atom. The summed E-state index contributed by atoms with van der Waals surface area (Å²) in [6, 6.07) is 16.7. The van der Waals surface area contributed by atoms with E-state index in [9.17, 15) is 18.0 Å². The van der Waals surface area contributed by atoms with E-state index in [0.29, 0.717) is 10.2 Å². The van der Waals surface area contributed by atoms with Crippen LogP contribution in [0.15, 0.2) is 59.1 Å². The summed E-state index contributed by atoms with van der Waals surface area (Å²) in [4.78, 5) is 24.6. The number of aromatic nitrogens is 1. The predicted molar refractivity (Wildman–Crippen MR) is 139 cm³/mol. The largest absolute Gasteiger partial charge is 0.490 e.